The minimum Gasteiger partial charge on any atom is -0.870 e. The summed E-state index contributed by atoms with van der Waals surface area (Å²) < 4.78 is 16.6. The van der Waals surface area contributed by atoms with E-state index in [1.165, 1.54) is 0 Å². The molecule has 0 aromatic carbocycles. The Labute approximate surface area is 68.1 Å². The molecule has 0 saturated heterocycles. The third-order valence-electron chi connectivity index (χ3n) is 0. The summed E-state index contributed by atoms with van der Waals surface area (Å²) in [6.07, 6.45) is 0. The van der Waals surface area contributed by atoms with Gasteiger partial charge in [-0.3, -0.25) is 0 Å². The maximum atomic E-state index is 8.29. The third-order valence-corrected chi connectivity index (χ3v) is 0. The monoisotopic (exact) mass is 138 g/mol. The Morgan fingerprint density at radius 1 is 1.00 bits per heavy atom. The van der Waals surface area contributed by atoms with Gasteiger partial charge >= 0.3 is 49.3 Å². The smallest absolute Gasteiger partial charge is 0.870 e. The van der Waals surface area contributed by atoms with Crippen LogP contribution in [-0.4, -0.2) is 57.1 Å². The van der Waals surface area contributed by atoms with Crippen molar-refractivity contribution >= 4 is 49.3 Å². The molecule has 0 radical (unpaired) electrons. The van der Waals surface area contributed by atoms with Crippen molar-refractivity contribution in [1.82, 2.24) is 0 Å². The standard InChI is InChI=1S/Ca.O2S.2H2O/c;1-3-2;;/h;;2*1H2/q+2;;;/p-2. The Hall–Kier alpha value is 1.000. The molecule has 0 aliphatic rings. The van der Waals surface area contributed by atoms with Gasteiger partial charge in [0.25, 0.3) is 0 Å². The van der Waals surface area contributed by atoms with Gasteiger partial charge < -0.3 is 11.0 Å². The van der Waals surface area contributed by atoms with Crippen LogP contribution >= 0.6 is 0 Å². The Bertz CT molecular complexity index is 28.5. The van der Waals surface area contributed by atoms with Gasteiger partial charge in [-0.1, -0.05) is 0 Å². The van der Waals surface area contributed by atoms with E-state index >= 15 is 0 Å². The molecular formula is H2CaO4S. The maximum Gasteiger partial charge on any atom is 2.00 e. The van der Waals surface area contributed by atoms with Crippen LogP contribution in [0.15, 0.2) is 0 Å². The average molecular weight is 138 g/mol. The van der Waals surface area contributed by atoms with E-state index in [1.807, 2.05) is 0 Å². The zero-order valence-electron chi connectivity index (χ0n) is 2.83. The molecule has 0 unspecified atom stereocenters. The molecule has 34 valence electrons. The summed E-state index contributed by atoms with van der Waals surface area (Å²) >= 11 is -0.750. The number of rotatable bonds is 0. The van der Waals surface area contributed by atoms with Gasteiger partial charge in [0.1, 0.15) is 0 Å². The van der Waals surface area contributed by atoms with Crippen LogP contribution in [0.2, 0.25) is 0 Å². The fourth-order valence-corrected chi connectivity index (χ4v) is 0. The normalized spacial score (nSPS) is 2.00. The van der Waals surface area contributed by atoms with E-state index in [0.717, 1.165) is 0 Å². The first-order valence-corrected chi connectivity index (χ1v) is 1.00. The molecule has 0 spiro atoms. The Kier molecular flexibility index (Phi) is 175. The molecule has 0 aromatic rings. The maximum absolute atomic E-state index is 8.29. The van der Waals surface area contributed by atoms with E-state index in [9.17, 15) is 0 Å². The third kappa shape index (κ3) is 80.0. The minimum absolute atomic E-state index is 0. The van der Waals surface area contributed by atoms with Crippen LogP contribution in [-0.2, 0) is 11.6 Å². The molecule has 0 aliphatic heterocycles. The van der Waals surface area contributed by atoms with Crippen LogP contribution in [0.1, 0.15) is 0 Å². The van der Waals surface area contributed by atoms with Crippen LogP contribution in [0.4, 0.5) is 0 Å². The van der Waals surface area contributed by atoms with Crippen molar-refractivity contribution in [3.63, 3.8) is 0 Å². The largest absolute Gasteiger partial charge is 2.00 e. The van der Waals surface area contributed by atoms with E-state index in [0.29, 0.717) is 0 Å². The van der Waals surface area contributed by atoms with Crippen molar-refractivity contribution in [3.05, 3.63) is 0 Å². The van der Waals surface area contributed by atoms with E-state index in [4.69, 9.17) is 8.42 Å². The molecule has 0 rings (SSSR count). The van der Waals surface area contributed by atoms with Crippen molar-refractivity contribution in [2.45, 2.75) is 0 Å². The second-order valence-electron chi connectivity index (χ2n) is 0.0680. The molecule has 0 atom stereocenters. The van der Waals surface area contributed by atoms with Gasteiger partial charge in [-0.25, -0.2) is 0 Å². The molecule has 6 heavy (non-hydrogen) atoms. The van der Waals surface area contributed by atoms with Crippen LogP contribution in [0, 0.1) is 0 Å². The molecule has 0 saturated carbocycles. The van der Waals surface area contributed by atoms with E-state index in [1.54, 1.807) is 0 Å². The van der Waals surface area contributed by atoms with Gasteiger partial charge in [0.05, 0.1) is 0 Å². The van der Waals surface area contributed by atoms with Crippen LogP contribution in [0.3, 0.4) is 0 Å². The number of hydrogen-bond acceptors (Lipinski definition) is 4. The van der Waals surface area contributed by atoms with Gasteiger partial charge in [-0.15, -0.1) is 0 Å². The quantitative estimate of drug-likeness (QED) is 0.384. The first-order chi connectivity index (χ1) is 1.41. The van der Waals surface area contributed by atoms with Gasteiger partial charge in [0.2, 0.25) is 0 Å². The van der Waals surface area contributed by atoms with Crippen LogP contribution < -0.4 is 0 Å². The van der Waals surface area contributed by atoms with E-state index < -0.39 is 11.6 Å². The predicted octanol–water partition coefficient (Wildman–Crippen LogP) is -1.40. The van der Waals surface area contributed by atoms with Crippen LogP contribution in [0.5, 0.6) is 0 Å². The average Bonchev–Trinajstić information content (AvgIpc) is 0.918. The Morgan fingerprint density at radius 3 is 1.00 bits per heavy atom. The van der Waals surface area contributed by atoms with Crippen molar-refractivity contribution in [1.29, 1.82) is 0 Å². The molecule has 0 fully saturated rings. The SMILES string of the molecule is O=S=O.[Ca+2].[OH-].[OH-]. The van der Waals surface area contributed by atoms with Crippen molar-refractivity contribution in [3.8, 4) is 0 Å². The minimum atomic E-state index is -0.750. The predicted molar refractivity (Wildman–Crippen MR) is 18.5 cm³/mol. The Balaban J connectivity index is -0.00000000667. The Morgan fingerprint density at radius 2 is 1.00 bits per heavy atom. The van der Waals surface area contributed by atoms with Gasteiger partial charge in [-0.05, 0) is 0 Å². The molecule has 0 heterocycles. The summed E-state index contributed by atoms with van der Waals surface area (Å²) in [7, 11) is 0. The summed E-state index contributed by atoms with van der Waals surface area (Å²) in [5, 5.41) is 0. The second kappa shape index (κ2) is 37.5. The molecule has 6 heteroatoms. The molecule has 0 amide bonds. The molecule has 0 aliphatic carbocycles. The second-order valence-corrected chi connectivity index (χ2v) is 0.204. The summed E-state index contributed by atoms with van der Waals surface area (Å²) in [5.41, 5.74) is 0. The van der Waals surface area contributed by atoms with E-state index in [2.05, 4.69) is 0 Å². The molecule has 4 nitrogen and oxygen atoms in total. The zero-order valence-corrected chi connectivity index (χ0v) is 5.85. The van der Waals surface area contributed by atoms with Gasteiger partial charge in [0.15, 0.2) is 0 Å². The summed E-state index contributed by atoms with van der Waals surface area (Å²) in [6.45, 7) is 0. The van der Waals surface area contributed by atoms with Crippen molar-refractivity contribution in [2.24, 2.45) is 0 Å². The zero-order chi connectivity index (χ0) is 2.71. The van der Waals surface area contributed by atoms with Crippen molar-refractivity contribution < 1.29 is 19.4 Å². The first-order valence-electron chi connectivity index (χ1n) is 0.333. The summed E-state index contributed by atoms with van der Waals surface area (Å²) in [4.78, 5) is 0. The first kappa shape index (κ1) is 28.0. The van der Waals surface area contributed by atoms with E-state index in [-0.39, 0.29) is 48.7 Å². The van der Waals surface area contributed by atoms with Crippen molar-refractivity contribution in [2.75, 3.05) is 0 Å². The fourth-order valence-electron chi connectivity index (χ4n) is 0. The van der Waals surface area contributed by atoms with Gasteiger partial charge in [-0.2, -0.15) is 8.42 Å². The summed E-state index contributed by atoms with van der Waals surface area (Å²) in [6, 6.07) is 0. The van der Waals surface area contributed by atoms with Crippen LogP contribution in [0.25, 0.3) is 0 Å². The number of hydrogen-bond donors (Lipinski definition) is 0. The topological polar surface area (TPSA) is 94.1 Å². The molecule has 0 aromatic heterocycles. The summed E-state index contributed by atoms with van der Waals surface area (Å²) in [5.74, 6) is 0. The molecule has 2 N–H and O–H groups in total. The van der Waals surface area contributed by atoms with Gasteiger partial charge in [0, 0.05) is 0 Å². The molecule has 0 bridgehead atoms. The molecular weight excluding hydrogens is 136 g/mol. The fraction of sp³-hybridized carbons (Fsp3) is 0.